The van der Waals surface area contributed by atoms with Crippen LogP contribution in [0.5, 0.6) is 0 Å². The molecule has 0 aliphatic rings. The molecule has 1 atom stereocenters. The fourth-order valence-electron chi connectivity index (χ4n) is 3.80. The molecule has 5 aromatic rings. The molecule has 0 amide bonds. The number of rotatable bonds is 5. The molecule has 29 heavy (non-hydrogen) atoms. The number of nitrogens with zero attached hydrogens (tertiary/aromatic N) is 4. The van der Waals surface area contributed by atoms with E-state index >= 15 is 0 Å². The van der Waals surface area contributed by atoms with E-state index in [9.17, 15) is 0 Å². The molecule has 0 spiro atoms. The van der Waals surface area contributed by atoms with Crippen molar-refractivity contribution < 1.29 is 4.63 Å². The first kappa shape index (κ1) is 17.6. The number of benzene rings is 3. The highest BCUT2D eigenvalue weighted by Crippen LogP contribution is 2.26. The van der Waals surface area contributed by atoms with Crippen molar-refractivity contribution in [1.29, 1.82) is 0 Å². The maximum Gasteiger partial charge on any atom is 0.135 e. The summed E-state index contributed by atoms with van der Waals surface area (Å²) in [6.45, 7) is 5.01. The smallest absolute Gasteiger partial charge is 0.135 e. The Morgan fingerprint density at radius 3 is 2.76 bits per heavy atom. The van der Waals surface area contributed by atoms with Gasteiger partial charge in [0.2, 0.25) is 0 Å². The second-order valence-electron chi connectivity index (χ2n) is 7.29. The van der Waals surface area contributed by atoms with E-state index in [1.807, 2.05) is 29.1 Å². The van der Waals surface area contributed by atoms with Gasteiger partial charge in [-0.2, -0.15) is 5.10 Å². The minimum Gasteiger partial charge on any atom is -0.306 e. The van der Waals surface area contributed by atoms with Crippen molar-refractivity contribution in [2.45, 2.75) is 26.4 Å². The summed E-state index contributed by atoms with van der Waals surface area (Å²) >= 11 is 0. The fourth-order valence-corrected chi connectivity index (χ4v) is 3.80. The number of hydrogen-bond donors (Lipinski definition) is 1. The molecular weight excluding hydrogens is 362 g/mol. The first-order valence-corrected chi connectivity index (χ1v) is 9.68. The van der Waals surface area contributed by atoms with Crippen LogP contribution in [-0.2, 0) is 6.54 Å². The molecule has 0 aliphatic carbocycles. The second kappa shape index (κ2) is 7.14. The molecule has 0 saturated carbocycles. The summed E-state index contributed by atoms with van der Waals surface area (Å²) in [6, 6.07) is 20.8. The Morgan fingerprint density at radius 2 is 1.83 bits per heavy atom. The van der Waals surface area contributed by atoms with Gasteiger partial charge in [0.25, 0.3) is 0 Å². The van der Waals surface area contributed by atoms with Crippen LogP contribution in [0.1, 0.15) is 29.8 Å². The van der Waals surface area contributed by atoms with Gasteiger partial charge < -0.3 is 5.32 Å². The van der Waals surface area contributed by atoms with E-state index in [4.69, 9.17) is 9.73 Å². The van der Waals surface area contributed by atoms with Crippen molar-refractivity contribution >= 4 is 21.8 Å². The molecule has 2 aromatic heterocycles. The van der Waals surface area contributed by atoms with Crippen molar-refractivity contribution in [1.82, 2.24) is 25.4 Å². The number of nitrogens with one attached hydrogen (secondary N) is 1. The van der Waals surface area contributed by atoms with Crippen LogP contribution in [0.2, 0.25) is 0 Å². The SMILES string of the molecule is Cc1c(C(C)NCc2ccc3nonc3c2)cnn1-c1cccc2ccccc12. The van der Waals surface area contributed by atoms with E-state index in [1.165, 1.54) is 16.3 Å². The Morgan fingerprint density at radius 1 is 1.00 bits per heavy atom. The Kier molecular flexibility index (Phi) is 4.33. The van der Waals surface area contributed by atoms with Crippen molar-refractivity contribution in [3.05, 3.63) is 83.7 Å². The standard InChI is InChI=1S/C23H21N5O/c1-15(24-13-17-10-11-21-22(12-17)27-29-26-21)20-14-25-28(16(20)2)23-9-5-7-18-6-3-4-8-19(18)23/h3-12,14-15,24H,13H2,1-2H3. The van der Waals surface area contributed by atoms with Crippen LogP contribution in [0.3, 0.4) is 0 Å². The van der Waals surface area contributed by atoms with Gasteiger partial charge in [-0.25, -0.2) is 9.31 Å². The second-order valence-corrected chi connectivity index (χ2v) is 7.29. The van der Waals surface area contributed by atoms with Crippen molar-refractivity contribution in [2.75, 3.05) is 0 Å². The number of aromatic nitrogens is 4. The van der Waals surface area contributed by atoms with Crippen LogP contribution in [0.4, 0.5) is 0 Å². The van der Waals surface area contributed by atoms with Crippen molar-refractivity contribution in [3.8, 4) is 5.69 Å². The van der Waals surface area contributed by atoms with E-state index in [0.717, 1.165) is 34.5 Å². The van der Waals surface area contributed by atoms with E-state index in [-0.39, 0.29) is 6.04 Å². The Labute approximate surface area is 168 Å². The van der Waals surface area contributed by atoms with Gasteiger partial charge in [-0.05, 0) is 53.3 Å². The molecule has 6 nitrogen and oxygen atoms in total. The summed E-state index contributed by atoms with van der Waals surface area (Å²) in [6.07, 6.45) is 1.96. The third kappa shape index (κ3) is 3.17. The first-order valence-electron chi connectivity index (χ1n) is 9.68. The lowest BCUT2D eigenvalue weighted by molar-refractivity contribution is 0.315. The van der Waals surface area contributed by atoms with Crippen LogP contribution in [0.15, 0.2) is 71.5 Å². The Balaban J connectivity index is 1.39. The predicted octanol–water partition coefficient (Wildman–Crippen LogP) is 4.72. The average molecular weight is 383 g/mol. The van der Waals surface area contributed by atoms with Gasteiger partial charge in [0.15, 0.2) is 0 Å². The molecule has 3 aromatic carbocycles. The molecule has 0 bridgehead atoms. The maximum absolute atomic E-state index is 4.77. The van der Waals surface area contributed by atoms with Gasteiger partial charge >= 0.3 is 0 Å². The summed E-state index contributed by atoms with van der Waals surface area (Å²) in [4.78, 5) is 0. The molecule has 0 radical (unpaired) electrons. The maximum atomic E-state index is 4.77. The van der Waals surface area contributed by atoms with Gasteiger partial charge in [0, 0.05) is 29.2 Å². The zero-order chi connectivity index (χ0) is 19.8. The summed E-state index contributed by atoms with van der Waals surface area (Å²) < 4.78 is 6.81. The molecule has 0 aliphatic heterocycles. The zero-order valence-corrected chi connectivity index (χ0v) is 16.3. The highest BCUT2D eigenvalue weighted by molar-refractivity contribution is 5.90. The van der Waals surface area contributed by atoms with Crippen LogP contribution in [0.25, 0.3) is 27.5 Å². The topological polar surface area (TPSA) is 68.8 Å². The highest BCUT2D eigenvalue weighted by Gasteiger charge is 2.15. The molecule has 5 rings (SSSR count). The van der Waals surface area contributed by atoms with Crippen molar-refractivity contribution in [3.63, 3.8) is 0 Å². The zero-order valence-electron chi connectivity index (χ0n) is 16.3. The minimum absolute atomic E-state index is 0.157. The predicted molar refractivity (Wildman–Crippen MR) is 113 cm³/mol. The van der Waals surface area contributed by atoms with Crippen LogP contribution >= 0.6 is 0 Å². The van der Waals surface area contributed by atoms with Crippen LogP contribution < -0.4 is 5.32 Å². The fraction of sp³-hybridized carbons (Fsp3) is 0.174. The van der Waals surface area contributed by atoms with Crippen molar-refractivity contribution in [2.24, 2.45) is 0 Å². The van der Waals surface area contributed by atoms with Gasteiger partial charge in [0.1, 0.15) is 11.0 Å². The molecule has 6 heteroatoms. The summed E-state index contributed by atoms with van der Waals surface area (Å²) in [7, 11) is 0. The average Bonchev–Trinajstić information content (AvgIpc) is 3.37. The van der Waals surface area contributed by atoms with E-state index in [2.05, 4.69) is 71.9 Å². The van der Waals surface area contributed by atoms with E-state index < -0.39 is 0 Å². The van der Waals surface area contributed by atoms with Gasteiger partial charge in [-0.3, -0.25) is 0 Å². The third-order valence-corrected chi connectivity index (χ3v) is 5.44. The van der Waals surface area contributed by atoms with E-state index in [1.54, 1.807) is 0 Å². The molecule has 0 saturated heterocycles. The monoisotopic (exact) mass is 383 g/mol. The molecule has 2 heterocycles. The Bertz CT molecular complexity index is 1300. The normalized spacial score (nSPS) is 12.6. The lowest BCUT2D eigenvalue weighted by atomic mass is 10.1. The third-order valence-electron chi connectivity index (χ3n) is 5.44. The molecule has 144 valence electrons. The first-order chi connectivity index (χ1) is 14.2. The van der Waals surface area contributed by atoms with Crippen LogP contribution in [0, 0.1) is 6.92 Å². The van der Waals surface area contributed by atoms with Gasteiger partial charge in [-0.15, -0.1) is 0 Å². The van der Waals surface area contributed by atoms with Gasteiger partial charge in [0.05, 0.1) is 11.9 Å². The quantitative estimate of drug-likeness (QED) is 0.475. The Hall–Kier alpha value is -3.51. The summed E-state index contributed by atoms with van der Waals surface area (Å²) in [5, 5.41) is 18.4. The largest absolute Gasteiger partial charge is 0.306 e. The van der Waals surface area contributed by atoms with Crippen LogP contribution in [-0.4, -0.2) is 20.1 Å². The summed E-state index contributed by atoms with van der Waals surface area (Å²) in [5.41, 5.74) is 6.10. The minimum atomic E-state index is 0.157. The highest BCUT2D eigenvalue weighted by atomic mass is 16.6. The van der Waals surface area contributed by atoms with Gasteiger partial charge in [-0.1, -0.05) is 42.5 Å². The molecular formula is C23H21N5O. The lowest BCUT2D eigenvalue weighted by Gasteiger charge is -2.15. The molecule has 1 unspecified atom stereocenters. The lowest BCUT2D eigenvalue weighted by Crippen LogP contribution is -2.18. The number of fused-ring (bicyclic) bond motifs is 2. The number of hydrogen-bond acceptors (Lipinski definition) is 5. The molecule has 0 fully saturated rings. The molecule has 1 N–H and O–H groups in total. The summed E-state index contributed by atoms with van der Waals surface area (Å²) in [5.74, 6) is 0. The van der Waals surface area contributed by atoms with E-state index in [0.29, 0.717) is 0 Å².